The van der Waals surface area contributed by atoms with Crippen LogP contribution in [0.3, 0.4) is 0 Å². The van der Waals surface area contributed by atoms with E-state index in [0.717, 1.165) is 12.1 Å². The maximum absolute atomic E-state index is 11.1. The van der Waals surface area contributed by atoms with E-state index in [-0.39, 0.29) is 47.2 Å². The van der Waals surface area contributed by atoms with Crippen LogP contribution < -0.4 is 39.4 Å². The average molecular weight is 219 g/mol. The minimum atomic E-state index is -0.744. The molecular formula is C8H6NNaO5. The third-order valence-electron chi connectivity index (χ3n) is 1.64. The Hall–Kier alpha value is -1.11. The molecule has 0 N–H and O–H groups in total. The van der Waals surface area contributed by atoms with E-state index in [1.54, 1.807) is 0 Å². The summed E-state index contributed by atoms with van der Waals surface area (Å²) >= 11 is 0. The van der Waals surface area contributed by atoms with Crippen LogP contribution in [0.4, 0.5) is 5.69 Å². The molecular weight excluding hydrogens is 213 g/mol. The topological polar surface area (TPSA) is 92.5 Å². The summed E-state index contributed by atoms with van der Waals surface area (Å²) in [7, 11) is 1.22. The number of carbonyl (C=O) groups is 1. The number of rotatable bonds is 3. The first-order chi connectivity index (χ1) is 6.60. The molecule has 0 amide bonds. The van der Waals surface area contributed by atoms with Gasteiger partial charge in [0.2, 0.25) is 0 Å². The summed E-state index contributed by atoms with van der Waals surface area (Å²) in [5.74, 6) is -0.706. The molecule has 0 atom stereocenters. The van der Waals surface area contributed by atoms with Gasteiger partial charge in [-0.05, 0) is 6.07 Å². The van der Waals surface area contributed by atoms with Crippen LogP contribution in [0.2, 0.25) is 0 Å². The zero-order chi connectivity index (χ0) is 10.7. The van der Waals surface area contributed by atoms with Crippen LogP contribution in [-0.4, -0.2) is 18.3 Å². The molecule has 7 heteroatoms. The second kappa shape index (κ2) is 5.69. The Morgan fingerprint density at radius 3 is 2.47 bits per heavy atom. The molecule has 15 heavy (non-hydrogen) atoms. The van der Waals surface area contributed by atoms with Gasteiger partial charge in [0.1, 0.15) is 5.75 Å². The van der Waals surface area contributed by atoms with Gasteiger partial charge in [0.15, 0.2) is 6.29 Å². The van der Waals surface area contributed by atoms with Crippen LogP contribution in [0.15, 0.2) is 12.1 Å². The fourth-order valence-electron chi connectivity index (χ4n) is 0.977. The average Bonchev–Trinajstić information content (AvgIpc) is 2.16. The molecule has 1 aromatic carbocycles. The number of methoxy groups -OCH3 is 1. The van der Waals surface area contributed by atoms with Crippen molar-refractivity contribution in [3.05, 3.63) is 27.8 Å². The third-order valence-corrected chi connectivity index (χ3v) is 1.64. The molecule has 0 spiro atoms. The van der Waals surface area contributed by atoms with Crippen LogP contribution in [-0.2, 0) is 0 Å². The molecule has 6 nitrogen and oxygen atoms in total. The number of hydrogen-bond donors (Lipinski definition) is 0. The van der Waals surface area contributed by atoms with Gasteiger partial charge < -0.3 is 9.84 Å². The maximum Gasteiger partial charge on any atom is 1.00 e. The van der Waals surface area contributed by atoms with Gasteiger partial charge in [0.25, 0.3) is 5.69 Å². The van der Waals surface area contributed by atoms with Crippen LogP contribution in [0.25, 0.3) is 0 Å². The second-order valence-electron chi connectivity index (χ2n) is 2.44. The molecule has 1 rings (SSSR count). The van der Waals surface area contributed by atoms with Gasteiger partial charge in [0, 0.05) is 0 Å². The summed E-state index contributed by atoms with van der Waals surface area (Å²) in [5.41, 5.74) is -0.683. The molecule has 1 aromatic rings. The SMILES string of the molecule is COc1cc([N+](=O)[O-])c(C=O)cc1[O-].[Na+]. The van der Waals surface area contributed by atoms with Crippen LogP contribution in [0.1, 0.15) is 10.4 Å². The number of nitro benzene ring substituents is 1. The quantitative estimate of drug-likeness (QED) is 0.242. The van der Waals surface area contributed by atoms with Gasteiger partial charge in [-0.1, -0.05) is 5.75 Å². The predicted molar refractivity (Wildman–Crippen MR) is 44.5 cm³/mol. The van der Waals surface area contributed by atoms with E-state index >= 15 is 0 Å². The number of carbonyl (C=O) groups excluding carboxylic acids is 1. The van der Waals surface area contributed by atoms with Gasteiger partial charge in [-0.3, -0.25) is 14.9 Å². The van der Waals surface area contributed by atoms with E-state index in [4.69, 9.17) is 0 Å². The fourth-order valence-corrected chi connectivity index (χ4v) is 0.977. The zero-order valence-corrected chi connectivity index (χ0v) is 10.2. The number of hydrogen-bond acceptors (Lipinski definition) is 5. The summed E-state index contributed by atoms with van der Waals surface area (Å²) < 4.78 is 4.60. The molecule has 0 saturated carbocycles. The monoisotopic (exact) mass is 219 g/mol. The molecule has 0 aliphatic rings. The molecule has 0 fully saturated rings. The minimum absolute atomic E-state index is 0. The Kier molecular flexibility index (Phi) is 5.27. The number of aldehydes is 1. The van der Waals surface area contributed by atoms with Crippen molar-refractivity contribution >= 4 is 12.0 Å². The summed E-state index contributed by atoms with van der Waals surface area (Å²) in [6.07, 6.45) is 0.263. The summed E-state index contributed by atoms with van der Waals surface area (Å²) in [6, 6.07) is 1.82. The molecule has 0 aliphatic heterocycles. The first kappa shape index (κ1) is 13.9. The Balaban J connectivity index is 0.00000196. The number of nitro groups is 1. The molecule has 0 unspecified atom stereocenters. The third kappa shape index (κ3) is 2.92. The first-order valence-corrected chi connectivity index (χ1v) is 3.58. The molecule has 0 heterocycles. The van der Waals surface area contributed by atoms with Crippen molar-refractivity contribution < 1.29 is 49.1 Å². The molecule has 0 radical (unpaired) electrons. The molecule has 0 aliphatic carbocycles. The van der Waals surface area contributed by atoms with E-state index in [1.807, 2.05) is 0 Å². The van der Waals surface area contributed by atoms with E-state index in [1.165, 1.54) is 7.11 Å². The Morgan fingerprint density at radius 1 is 1.47 bits per heavy atom. The molecule has 74 valence electrons. The van der Waals surface area contributed by atoms with Crippen molar-refractivity contribution in [1.82, 2.24) is 0 Å². The standard InChI is InChI=1S/C8H7NO5.Na/c1-14-8-3-6(9(12)13)5(4-10)2-7(8)11;/h2-4,11H,1H3;/q;+1/p-1. The van der Waals surface area contributed by atoms with Gasteiger partial charge in [0.05, 0.1) is 23.7 Å². The van der Waals surface area contributed by atoms with Gasteiger partial charge in [-0.25, -0.2) is 0 Å². The molecule has 0 bridgehead atoms. The van der Waals surface area contributed by atoms with E-state index in [0.29, 0.717) is 0 Å². The second-order valence-corrected chi connectivity index (χ2v) is 2.44. The van der Waals surface area contributed by atoms with Gasteiger partial charge in [-0.15, -0.1) is 0 Å². The Morgan fingerprint density at radius 2 is 2.07 bits per heavy atom. The van der Waals surface area contributed by atoms with Crippen molar-refractivity contribution in [3.63, 3.8) is 0 Å². The van der Waals surface area contributed by atoms with Crippen molar-refractivity contribution in [3.8, 4) is 11.5 Å². The number of benzene rings is 1. The number of nitrogens with zero attached hydrogens (tertiary/aromatic N) is 1. The van der Waals surface area contributed by atoms with E-state index < -0.39 is 16.4 Å². The minimum Gasteiger partial charge on any atom is -0.870 e. The summed E-state index contributed by atoms with van der Waals surface area (Å²) in [4.78, 5) is 20.1. The molecule has 0 saturated heterocycles. The first-order valence-electron chi connectivity index (χ1n) is 3.58. The largest absolute Gasteiger partial charge is 1.00 e. The van der Waals surface area contributed by atoms with E-state index in [9.17, 15) is 20.0 Å². The van der Waals surface area contributed by atoms with Gasteiger partial charge in [-0.2, -0.15) is 0 Å². The van der Waals surface area contributed by atoms with Gasteiger partial charge >= 0.3 is 29.6 Å². The van der Waals surface area contributed by atoms with E-state index in [2.05, 4.69) is 4.74 Å². The Bertz CT molecular complexity index is 393. The van der Waals surface area contributed by atoms with Crippen LogP contribution >= 0.6 is 0 Å². The smallest absolute Gasteiger partial charge is 0.870 e. The Labute approximate surface area is 107 Å². The van der Waals surface area contributed by atoms with Crippen LogP contribution in [0.5, 0.6) is 11.5 Å². The summed E-state index contributed by atoms with van der Waals surface area (Å²) in [5, 5.41) is 21.5. The maximum atomic E-state index is 11.1. The van der Waals surface area contributed by atoms with Crippen molar-refractivity contribution in [2.45, 2.75) is 0 Å². The van der Waals surface area contributed by atoms with Crippen LogP contribution in [0, 0.1) is 10.1 Å². The normalized spacial score (nSPS) is 8.87. The predicted octanol–water partition coefficient (Wildman–Crippen LogP) is -2.51. The number of ether oxygens (including phenoxy) is 1. The zero-order valence-electron chi connectivity index (χ0n) is 8.22. The van der Waals surface area contributed by atoms with Crippen molar-refractivity contribution in [1.29, 1.82) is 0 Å². The summed E-state index contributed by atoms with van der Waals surface area (Å²) in [6.45, 7) is 0. The van der Waals surface area contributed by atoms with Crippen molar-refractivity contribution in [2.75, 3.05) is 7.11 Å². The fraction of sp³-hybridized carbons (Fsp3) is 0.125. The van der Waals surface area contributed by atoms with Crippen molar-refractivity contribution in [2.24, 2.45) is 0 Å². The molecule has 0 aromatic heterocycles.